The van der Waals surface area contributed by atoms with Gasteiger partial charge in [-0.05, 0) is 54.4 Å². The van der Waals surface area contributed by atoms with E-state index in [1.807, 2.05) is 12.1 Å². The van der Waals surface area contributed by atoms with E-state index in [4.69, 9.17) is 12.2 Å². The van der Waals surface area contributed by atoms with Gasteiger partial charge in [0.2, 0.25) is 5.91 Å². The summed E-state index contributed by atoms with van der Waals surface area (Å²) in [6.07, 6.45) is 4.02. The van der Waals surface area contributed by atoms with Crippen molar-refractivity contribution in [3.8, 4) is 0 Å². The lowest BCUT2D eigenvalue weighted by atomic mass is 9.99. The van der Waals surface area contributed by atoms with Crippen LogP contribution in [0.3, 0.4) is 0 Å². The van der Waals surface area contributed by atoms with Crippen LogP contribution in [0.2, 0.25) is 0 Å². The van der Waals surface area contributed by atoms with Crippen LogP contribution < -0.4 is 10.3 Å². The third-order valence-electron chi connectivity index (χ3n) is 3.82. The summed E-state index contributed by atoms with van der Waals surface area (Å²) in [6.45, 7) is 2.42. The molecule has 0 radical (unpaired) electrons. The van der Waals surface area contributed by atoms with E-state index in [-0.39, 0.29) is 11.8 Å². The molecule has 0 aliphatic carbocycles. The highest BCUT2D eigenvalue weighted by Gasteiger charge is 2.33. The van der Waals surface area contributed by atoms with Gasteiger partial charge in [0.15, 0.2) is 4.32 Å². The molecule has 7 heteroatoms. The summed E-state index contributed by atoms with van der Waals surface area (Å²) in [4.78, 5) is 26.2. The van der Waals surface area contributed by atoms with Crippen molar-refractivity contribution in [3.63, 3.8) is 0 Å². The Morgan fingerprint density at radius 1 is 1.43 bits per heavy atom. The first-order chi connectivity index (χ1) is 11.0. The molecule has 0 bridgehead atoms. The summed E-state index contributed by atoms with van der Waals surface area (Å²) < 4.78 is 0.342. The van der Waals surface area contributed by atoms with Crippen molar-refractivity contribution in [2.24, 2.45) is 0 Å². The Kier molecular flexibility index (Phi) is 4.41. The summed E-state index contributed by atoms with van der Waals surface area (Å²) >= 11 is 6.35. The first kappa shape index (κ1) is 16.0. The molecule has 2 amide bonds. The zero-order valence-corrected chi connectivity index (χ0v) is 14.6. The molecule has 1 aromatic carbocycles. The molecule has 1 N–H and O–H groups in total. The van der Waals surface area contributed by atoms with Gasteiger partial charge in [0.05, 0.1) is 4.91 Å². The number of aryl methyl sites for hydroxylation is 1. The summed E-state index contributed by atoms with van der Waals surface area (Å²) in [7, 11) is 2.09. The minimum absolute atomic E-state index is 0.287. The number of anilines is 1. The predicted octanol–water partition coefficient (Wildman–Crippen LogP) is 2.32. The van der Waals surface area contributed by atoms with Gasteiger partial charge < -0.3 is 4.90 Å². The van der Waals surface area contributed by atoms with Crippen LogP contribution in [0.25, 0.3) is 6.08 Å². The number of carbonyl (C=O) groups is 2. The first-order valence-electron chi connectivity index (χ1n) is 7.35. The highest BCUT2D eigenvalue weighted by Crippen LogP contribution is 2.33. The van der Waals surface area contributed by atoms with Crippen LogP contribution in [0, 0.1) is 0 Å². The van der Waals surface area contributed by atoms with Gasteiger partial charge in [-0.15, -0.1) is 0 Å². The standard InChI is InChI=1S/C16H17N3O2S2/c1-10(20)17-19-15(21)14(23-16(19)22)9-11-5-6-13-12(8-11)4-3-7-18(13)2/h5-6,8-9H,3-4,7H2,1-2H3,(H,17,20). The molecular formula is C16H17N3O2S2. The van der Waals surface area contributed by atoms with E-state index in [2.05, 4.69) is 29.5 Å². The van der Waals surface area contributed by atoms with E-state index < -0.39 is 0 Å². The van der Waals surface area contributed by atoms with E-state index >= 15 is 0 Å². The number of nitrogens with one attached hydrogen (secondary N) is 1. The van der Waals surface area contributed by atoms with Crippen LogP contribution in [0.5, 0.6) is 0 Å². The van der Waals surface area contributed by atoms with E-state index in [0.29, 0.717) is 9.23 Å². The Hall–Kier alpha value is -1.86. The summed E-state index contributed by atoms with van der Waals surface area (Å²) in [6, 6.07) is 6.22. The van der Waals surface area contributed by atoms with Crippen molar-refractivity contribution >= 4 is 51.9 Å². The van der Waals surface area contributed by atoms with E-state index in [9.17, 15) is 9.59 Å². The number of fused-ring (bicyclic) bond motifs is 1. The average Bonchev–Trinajstić information content (AvgIpc) is 2.75. The van der Waals surface area contributed by atoms with Crippen molar-refractivity contribution < 1.29 is 9.59 Å². The molecular weight excluding hydrogens is 330 g/mol. The normalized spacial score (nSPS) is 19.3. The lowest BCUT2D eigenvalue weighted by Gasteiger charge is -2.27. The number of hydrazine groups is 1. The number of rotatable bonds is 2. The maximum atomic E-state index is 12.3. The van der Waals surface area contributed by atoms with Gasteiger partial charge in [-0.3, -0.25) is 15.0 Å². The lowest BCUT2D eigenvalue weighted by molar-refractivity contribution is -0.131. The predicted molar refractivity (Wildman–Crippen MR) is 96.9 cm³/mol. The zero-order chi connectivity index (χ0) is 16.6. The van der Waals surface area contributed by atoms with Gasteiger partial charge in [0, 0.05) is 26.2 Å². The fraction of sp³-hybridized carbons (Fsp3) is 0.312. The van der Waals surface area contributed by atoms with Gasteiger partial charge in [0.1, 0.15) is 0 Å². The number of thiocarbonyl (C=S) groups is 1. The van der Waals surface area contributed by atoms with Crippen molar-refractivity contribution in [3.05, 3.63) is 34.2 Å². The van der Waals surface area contributed by atoms with Gasteiger partial charge in [-0.1, -0.05) is 17.8 Å². The van der Waals surface area contributed by atoms with Crippen LogP contribution in [0.1, 0.15) is 24.5 Å². The third kappa shape index (κ3) is 3.25. The van der Waals surface area contributed by atoms with Crippen LogP contribution in [-0.2, 0) is 16.0 Å². The summed E-state index contributed by atoms with van der Waals surface area (Å²) in [5.41, 5.74) is 5.97. The van der Waals surface area contributed by atoms with Gasteiger partial charge >= 0.3 is 0 Å². The monoisotopic (exact) mass is 347 g/mol. The Balaban J connectivity index is 1.86. The second kappa shape index (κ2) is 6.33. The van der Waals surface area contributed by atoms with E-state index in [0.717, 1.165) is 30.0 Å². The molecule has 120 valence electrons. The SMILES string of the molecule is CC(=O)NN1C(=O)C(=Cc2ccc3c(c2)CCCN3C)SC1=S. The van der Waals surface area contributed by atoms with Crippen molar-refractivity contribution in [2.45, 2.75) is 19.8 Å². The molecule has 0 spiro atoms. The topological polar surface area (TPSA) is 52.7 Å². The molecule has 3 rings (SSSR count). The molecule has 1 aromatic rings. The quantitative estimate of drug-likeness (QED) is 0.657. The zero-order valence-electron chi connectivity index (χ0n) is 13.0. The first-order valence-corrected chi connectivity index (χ1v) is 8.57. The van der Waals surface area contributed by atoms with Crippen molar-refractivity contribution in [1.29, 1.82) is 0 Å². The smallest absolute Gasteiger partial charge is 0.285 e. The Morgan fingerprint density at radius 2 is 2.22 bits per heavy atom. The van der Waals surface area contributed by atoms with Crippen molar-refractivity contribution in [1.82, 2.24) is 10.4 Å². The third-order valence-corrected chi connectivity index (χ3v) is 5.12. The van der Waals surface area contributed by atoms with Gasteiger partial charge in [-0.2, -0.15) is 5.01 Å². The van der Waals surface area contributed by atoms with Crippen LogP contribution >= 0.6 is 24.0 Å². The molecule has 23 heavy (non-hydrogen) atoms. The number of nitrogens with zero attached hydrogens (tertiary/aromatic N) is 2. The molecule has 0 aromatic heterocycles. The molecule has 0 atom stereocenters. The van der Waals surface area contributed by atoms with Crippen molar-refractivity contribution in [2.75, 3.05) is 18.5 Å². The molecule has 1 fully saturated rings. The molecule has 2 aliphatic heterocycles. The number of hydrogen-bond acceptors (Lipinski definition) is 5. The second-order valence-electron chi connectivity index (χ2n) is 5.60. The minimum Gasteiger partial charge on any atom is -0.374 e. The molecule has 2 aliphatic rings. The van der Waals surface area contributed by atoms with Crippen LogP contribution in [0.15, 0.2) is 23.1 Å². The Morgan fingerprint density at radius 3 is 2.96 bits per heavy atom. The fourth-order valence-electron chi connectivity index (χ4n) is 2.77. The van der Waals surface area contributed by atoms with Gasteiger partial charge in [-0.25, -0.2) is 0 Å². The van der Waals surface area contributed by atoms with Crippen LogP contribution in [-0.4, -0.2) is 34.7 Å². The molecule has 2 heterocycles. The molecule has 1 saturated heterocycles. The lowest BCUT2D eigenvalue weighted by Crippen LogP contribution is -2.43. The Bertz CT molecular complexity index is 730. The molecule has 0 saturated carbocycles. The maximum Gasteiger partial charge on any atom is 0.285 e. The molecule has 0 unspecified atom stereocenters. The number of carbonyl (C=O) groups excluding carboxylic acids is 2. The van der Waals surface area contributed by atoms with Crippen LogP contribution in [0.4, 0.5) is 5.69 Å². The number of amides is 2. The largest absolute Gasteiger partial charge is 0.374 e. The Labute approximate surface area is 144 Å². The summed E-state index contributed by atoms with van der Waals surface area (Å²) in [5, 5.41) is 1.13. The second-order valence-corrected chi connectivity index (χ2v) is 7.27. The van der Waals surface area contributed by atoms with E-state index in [1.165, 1.54) is 29.9 Å². The minimum atomic E-state index is -0.320. The molecule has 5 nitrogen and oxygen atoms in total. The van der Waals surface area contributed by atoms with E-state index in [1.54, 1.807) is 0 Å². The highest BCUT2D eigenvalue weighted by atomic mass is 32.2. The highest BCUT2D eigenvalue weighted by molar-refractivity contribution is 8.26. The summed E-state index contributed by atoms with van der Waals surface area (Å²) in [5.74, 6) is -0.607. The van der Waals surface area contributed by atoms with Gasteiger partial charge in [0.25, 0.3) is 5.91 Å². The number of hydrogen-bond donors (Lipinski definition) is 1. The number of benzene rings is 1. The fourth-order valence-corrected chi connectivity index (χ4v) is 3.95. The number of thioether (sulfide) groups is 1. The average molecular weight is 347 g/mol. The maximum absolute atomic E-state index is 12.3.